The highest BCUT2D eigenvalue weighted by Crippen LogP contribution is 2.15. The Morgan fingerprint density at radius 3 is 2.50 bits per heavy atom. The molecule has 0 radical (unpaired) electrons. The average Bonchev–Trinajstić information content (AvgIpc) is 2.48. The number of para-hydroxylation sites is 1. The molecule has 2 N–H and O–H groups in total. The summed E-state index contributed by atoms with van der Waals surface area (Å²) >= 11 is 0. The summed E-state index contributed by atoms with van der Waals surface area (Å²) in [4.78, 5) is 11.8. The molecule has 0 aliphatic carbocycles. The van der Waals surface area contributed by atoms with Crippen LogP contribution in [0.15, 0.2) is 59.7 Å². The molecule has 0 saturated carbocycles. The van der Waals surface area contributed by atoms with Gasteiger partial charge in [0.2, 0.25) is 0 Å². The number of phenols is 1. The Labute approximate surface area is 117 Å². The predicted molar refractivity (Wildman–Crippen MR) is 78.9 cm³/mol. The minimum absolute atomic E-state index is 0.0590. The van der Waals surface area contributed by atoms with E-state index in [0.717, 1.165) is 5.56 Å². The monoisotopic (exact) mass is 268 g/mol. The van der Waals surface area contributed by atoms with Crippen molar-refractivity contribution in [3.8, 4) is 5.75 Å². The molecule has 4 nitrogen and oxygen atoms in total. The fraction of sp³-hybridized carbons (Fsp3) is 0.125. The van der Waals surface area contributed by atoms with Crippen LogP contribution in [0.2, 0.25) is 0 Å². The Morgan fingerprint density at radius 2 is 1.80 bits per heavy atom. The summed E-state index contributed by atoms with van der Waals surface area (Å²) in [5, 5.41) is 13.5. The number of hydrogen-bond acceptors (Lipinski definition) is 3. The van der Waals surface area contributed by atoms with Crippen LogP contribution >= 0.6 is 0 Å². The minimum Gasteiger partial charge on any atom is -0.507 e. The topological polar surface area (TPSA) is 61.7 Å². The van der Waals surface area contributed by atoms with Gasteiger partial charge in [0.25, 0.3) is 5.91 Å². The van der Waals surface area contributed by atoms with E-state index in [-0.39, 0.29) is 17.2 Å². The molecule has 0 bridgehead atoms. The first-order chi connectivity index (χ1) is 9.68. The molecule has 2 aromatic rings. The third kappa shape index (κ3) is 3.45. The normalized spacial score (nSPS) is 12.2. The summed E-state index contributed by atoms with van der Waals surface area (Å²) in [6.07, 6.45) is 1.66. The number of benzene rings is 2. The largest absolute Gasteiger partial charge is 0.507 e. The molecule has 20 heavy (non-hydrogen) atoms. The zero-order valence-corrected chi connectivity index (χ0v) is 11.2. The van der Waals surface area contributed by atoms with Crippen molar-refractivity contribution < 1.29 is 9.90 Å². The highest BCUT2D eigenvalue weighted by atomic mass is 16.3. The Balaban J connectivity index is 1.97. The summed E-state index contributed by atoms with van der Waals surface area (Å²) in [6, 6.07) is 16.2. The van der Waals surface area contributed by atoms with Gasteiger partial charge >= 0.3 is 0 Å². The van der Waals surface area contributed by atoms with Gasteiger partial charge in [0.1, 0.15) is 5.75 Å². The maximum atomic E-state index is 11.8. The summed E-state index contributed by atoms with van der Waals surface area (Å²) < 4.78 is 0. The zero-order chi connectivity index (χ0) is 14.4. The summed E-state index contributed by atoms with van der Waals surface area (Å²) in [5.74, 6) is -0.392. The number of hydrogen-bond donors (Lipinski definition) is 2. The first-order valence-corrected chi connectivity index (χ1v) is 6.35. The number of aromatic hydroxyl groups is 1. The van der Waals surface area contributed by atoms with Crippen LogP contribution in [0.3, 0.4) is 0 Å². The molecule has 4 heteroatoms. The van der Waals surface area contributed by atoms with Crippen LogP contribution in [0.5, 0.6) is 5.75 Å². The Bertz CT molecular complexity index is 609. The van der Waals surface area contributed by atoms with E-state index in [1.54, 1.807) is 24.4 Å². The van der Waals surface area contributed by atoms with Gasteiger partial charge in [-0.3, -0.25) is 4.79 Å². The Kier molecular flexibility index (Phi) is 4.50. The summed E-state index contributed by atoms with van der Waals surface area (Å²) in [6.45, 7) is 1.99. The van der Waals surface area contributed by atoms with Gasteiger partial charge in [-0.2, -0.15) is 5.10 Å². The quantitative estimate of drug-likeness (QED) is 0.661. The third-order valence-electron chi connectivity index (χ3n) is 2.94. The zero-order valence-electron chi connectivity index (χ0n) is 11.2. The molecule has 0 aliphatic heterocycles. The smallest absolute Gasteiger partial charge is 0.275 e. The summed E-state index contributed by atoms with van der Waals surface area (Å²) in [7, 11) is 0. The number of amides is 1. The SMILES string of the molecule is C[C@@H](/C=N\NC(=O)c1ccccc1O)c1ccccc1. The molecule has 0 fully saturated rings. The predicted octanol–water partition coefficient (Wildman–Crippen LogP) is 2.91. The molecular weight excluding hydrogens is 252 g/mol. The van der Waals surface area contributed by atoms with Crippen molar-refractivity contribution in [2.45, 2.75) is 12.8 Å². The van der Waals surface area contributed by atoms with Gasteiger partial charge in [-0.1, -0.05) is 49.4 Å². The molecule has 102 valence electrons. The van der Waals surface area contributed by atoms with Gasteiger partial charge in [0, 0.05) is 12.1 Å². The highest BCUT2D eigenvalue weighted by Gasteiger charge is 2.08. The Hall–Kier alpha value is -2.62. The maximum Gasteiger partial charge on any atom is 0.275 e. The lowest BCUT2D eigenvalue weighted by atomic mass is 10.0. The van der Waals surface area contributed by atoms with Crippen molar-refractivity contribution in [1.82, 2.24) is 5.43 Å². The fourth-order valence-corrected chi connectivity index (χ4v) is 1.78. The molecule has 0 aromatic heterocycles. The lowest BCUT2D eigenvalue weighted by Crippen LogP contribution is -2.18. The van der Waals surface area contributed by atoms with Crippen molar-refractivity contribution in [3.05, 3.63) is 65.7 Å². The lowest BCUT2D eigenvalue weighted by Gasteiger charge is -2.06. The summed E-state index contributed by atoms with van der Waals surface area (Å²) in [5.41, 5.74) is 3.74. The first kappa shape index (κ1) is 13.8. The van der Waals surface area contributed by atoms with Crippen LogP contribution in [0, 0.1) is 0 Å². The molecule has 2 aromatic carbocycles. The number of nitrogens with one attached hydrogen (secondary N) is 1. The van der Waals surface area contributed by atoms with Crippen LogP contribution in [0.25, 0.3) is 0 Å². The highest BCUT2D eigenvalue weighted by molar-refractivity contribution is 5.96. The standard InChI is InChI=1S/C16H16N2O2/c1-12(13-7-3-2-4-8-13)11-17-18-16(20)14-9-5-6-10-15(14)19/h2-12,19H,1H3,(H,18,20)/b17-11-/t12-/m0/s1. The molecule has 0 aliphatic rings. The van der Waals surface area contributed by atoms with Gasteiger partial charge in [-0.25, -0.2) is 5.43 Å². The van der Waals surface area contributed by atoms with E-state index in [1.165, 1.54) is 6.07 Å². The second kappa shape index (κ2) is 6.52. The maximum absolute atomic E-state index is 11.8. The van der Waals surface area contributed by atoms with Gasteiger partial charge < -0.3 is 5.11 Å². The number of hydrazone groups is 1. The van der Waals surface area contributed by atoms with Gasteiger partial charge in [-0.15, -0.1) is 0 Å². The second-order valence-electron chi connectivity index (χ2n) is 4.44. The second-order valence-corrected chi connectivity index (χ2v) is 4.44. The van der Waals surface area contributed by atoms with Crippen LogP contribution in [0.1, 0.15) is 28.8 Å². The van der Waals surface area contributed by atoms with Crippen LogP contribution in [0.4, 0.5) is 0 Å². The molecular formula is C16H16N2O2. The fourth-order valence-electron chi connectivity index (χ4n) is 1.78. The average molecular weight is 268 g/mol. The molecule has 0 saturated heterocycles. The van der Waals surface area contributed by atoms with E-state index in [4.69, 9.17) is 0 Å². The molecule has 0 unspecified atom stereocenters. The van der Waals surface area contributed by atoms with E-state index in [2.05, 4.69) is 10.5 Å². The molecule has 2 rings (SSSR count). The minimum atomic E-state index is -0.431. The van der Waals surface area contributed by atoms with Gasteiger partial charge in [0.15, 0.2) is 0 Å². The number of rotatable bonds is 4. The number of carbonyl (C=O) groups excluding carboxylic acids is 1. The van der Waals surface area contributed by atoms with Crippen molar-refractivity contribution in [2.24, 2.45) is 5.10 Å². The first-order valence-electron chi connectivity index (χ1n) is 6.35. The molecule has 0 spiro atoms. The van der Waals surface area contributed by atoms with E-state index >= 15 is 0 Å². The third-order valence-corrected chi connectivity index (χ3v) is 2.94. The van der Waals surface area contributed by atoms with Crippen molar-refractivity contribution in [3.63, 3.8) is 0 Å². The van der Waals surface area contributed by atoms with Crippen molar-refractivity contribution >= 4 is 12.1 Å². The van der Waals surface area contributed by atoms with Crippen LogP contribution in [-0.4, -0.2) is 17.2 Å². The van der Waals surface area contributed by atoms with E-state index in [9.17, 15) is 9.90 Å². The van der Waals surface area contributed by atoms with Gasteiger partial charge in [0.05, 0.1) is 5.56 Å². The van der Waals surface area contributed by atoms with Gasteiger partial charge in [-0.05, 0) is 17.7 Å². The van der Waals surface area contributed by atoms with Crippen molar-refractivity contribution in [2.75, 3.05) is 0 Å². The molecule has 1 amide bonds. The van der Waals surface area contributed by atoms with E-state index < -0.39 is 5.91 Å². The van der Waals surface area contributed by atoms with Crippen molar-refractivity contribution in [1.29, 1.82) is 0 Å². The Morgan fingerprint density at radius 1 is 1.15 bits per heavy atom. The van der Waals surface area contributed by atoms with Crippen LogP contribution in [-0.2, 0) is 0 Å². The molecule has 0 heterocycles. The van der Waals surface area contributed by atoms with E-state index in [0.29, 0.717) is 0 Å². The lowest BCUT2D eigenvalue weighted by molar-refractivity contribution is 0.0952. The number of nitrogens with zero attached hydrogens (tertiary/aromatic N) is 1. The number of carbonyl (C=O) groups is 1. The van der Waals surface area contributed by atoms with Crippen LogP contribution < -0.4 is 5.43 Å². The van der Waals surface area contributed by atoms with E-state index in [1.807, 2.05) is 37.3 Å². The molecule has 1 atom stereocenters. The number of phenolic OH excluding ortho intramolecular Hbond substituents is 1.